The van der Waals surface area contributed by atoms with Crippen LogP contribution in [0.3, 0.4) is 0 Å². The second kappa shape index (κ2) is 35.0. The lowest BCUT2D eigenvalue weighted by Crippen LogP contribution is -2.61. The predicted octanol–water partition coefficient (Wildman–Crippen LogP) is 5.43. The van der Waals surface area contributed by atoms with Gasteiger partial charge >= 0.3 is 17.9 Å². The summed E-state index contributed by atoms with van der Waals surface area (Å²) in [5, 5.41) is 38.0. The van der Waals surface area contributed by atoms with Gasteiger partial charge in [0.2, 0.25) is 41.4 Å². The van der Waals surface area contributed by atoms with Crippen molar-refractivity contribution in [2.75, 3.05) is 0 Å². The van der Waals surface area contributed by atoms with Gasteiger partial charge in [0, 0.05) is 6.42 Å². The van der Waals surface area contributed by atoms with Crippen LogP contribution in [0, 0.1) is 35.5 Å². The molecule has 1 aliphatic heterocycles. The zero-order valence-corrected chi connectivity index (χ0v) is 46.7. The summed E-state index contributed by atoms with van der Waals surface area (Å²) in [6, 6.07) is -9.60. The zero-order valence-electron chi connectivity index (χ0n) is 46.7. The lowest BCUT2D eigenvalue weighted by molar-refractivity contribution is -0.155. The first kappa shape index (κ1) is 66.7. The molecule has 9 atom stereocenters. The first-order chi connectivity index (χ1) is 34.6. The van der Waals surface area contributed by atoms with Crippen molar-refractivity contribution in [1.82, 2.24) is 37.2 Å². The SMILES string of the molecule is CCC(C)CCCCCCCCCC1CC(=O)N[C@@H](CC(=O)O)C(=O)NC(CC(C)C)C(=O)N[C@@H](CC(C)C)C(=O)N[C@@H](C(C)C)C(=O)NC(CCC(=O)O)C(=O)N[C@@H](CC(C)C)C(=O)NC(CC(C)C)C(=O)O1. The smallest absolute Gasteiger partial charge is 0.328 e. The van der Waals surface area contributed by atoms with E-state index >= 15 is 0 Å². The van der Waals surface area contributed by atoms with Crippen LogP contribution in [0.4, 0.5) is 0 Å². The number of aliphatic carboxylic acids is 2. The van der Waals surface area contributed by atoms with E-state index in [0.29, 0.717) is 12.3 Å². The fourth-order valence-corrected chi connectivity index (χ4v) is 8.72. The third-order valence-corrected chi connectivity index (χ3v) is 13.0. The highest BCUT2D eigenvalue weighted by molar-refractivity contribution is 5.98. The van der Waals surface area contributed by atoms with Crippen molar-refractivity contribution in [3.63, 3.8) is 0 Å². The van der Waals surface area contributed by atoms with Gasteiger partial charge in [0.15, 0.2) is 0 Å². The minimum Gasteiger partial charge on any atom is -0.481 e. The van der Waals surface area contributed by atoms with Crippen LogP contribution >= 0.6 is 0 Å². The maximum absolute atomic E-state index is 14.2. The molecule has 20 nitrogen and oxygen atoms in total. The normalized spacial score (nSPS) is 24.2. The van der Waals surface area contributed by atoms with Gasteiger partial charge in [-0.15, -0.1) is 0 Å². The van der Waals surface area contributed by atoms with Gasteiger partial charge in [-0.3, -0.25) is 43.2 Å². The quantitative estimate of drug-likeness (QED) is 0.0408. The van der Waals surface area contributed by atoms with Crippen LogP contribution in [-0.4, -0.2) is 118 Å². The summed E-state index contributed by atoms with van der Waals surface area (Å²) in [6.45, 7) is 22.1. The molecule has 0 aromatic rings. The molecule has 9 N–H and O–H groups in total. The number of ether oxygens (including phenoxy) is 1. The summed E-state index contributed by atoms with van der Waals surface area (Å²) in [5.74, 6) is -10.1. The molecule has 74 heavy (non-hydrogen) atoms. The molecule has 0 aromatic carbocycles. The average Bonchev–Trinajstić information content (AvgIpc) is 3.28. The van der Waals surface area contributed by atoms with E-state index in [1.165, 1.54) is 6.42 Å². The molecule has 0 spiro atoms. The summed E-state index contributed by atoms with van der Waals surface area (Å²) in [5.41, 5.74) is 0. The van der Waals surface area contributed by atoms with E-state index in [0.717, 1.165) is 44.9 Å². The summed E-state index contributed by atoms with van der Waals surface area (Å²) in [7, 11) is 0. The first-order valence-electron chi connectivity index (χ1n) is 27.4. The van der Waals surface area contributed by atoms with Crippen LogP contribution in [-0.2, 0) is 52.7 Å². The molecule has 0 saturated carbocycles. The molecule has 424 valence electrons. The standard InChI is InChI=1S/C54H95N7O13/c1-13-36(12)21-19-17-15-14-16-18-20-22-37-29-44(62)55-42(30-46(65)66)51(70)58-39(25-31(2)3)49(68)59-41(27-33(6)7)52(71)61-47(35(10)11)53(72)56-38(23-24-45(63)64)48(67)57-40(26-32(4)5)50(69)60-43(28-34(8)9)54(73)74-37/h31-43,47H,13-30H2,1-12H3,(H,55,62)(H,56,72)(H,57,67)(H,58,70)(H,59,68)(H,60,69)(H,61,71)(H,63,64)(H,65,66)/t36?,37?,38?,39?,40-,41-,42-,43?,47-/m0/s1. The van der Waals surface area contributed by atoms with Crippen LogP contribution in [0.15, 0.2) is 0 Å². The molecule has 1 aliphatic rings. The number of amides is 7. The number of carboxylic acid groups (broad SMARTS) is 2. The van der Waals surface area contributed by atoms with E-state index in [1.54, 1.807) is 55.4 Å². The van der Waals surface area contributed by atoms with Gasteiger partial charge in [0.05, 0.1) is 12.8 Å². The minimum absolute atomic E-state index is 0.0420. The highest BCUT2D eigenvalue weighted by Crippen LogP contribution is 2.19. The number of nitrogens with one attached hydrogen (secondary N) is 7. The van der Waals surface area contributed by atoms with E-state index in [9.17, 15) is 58.2 Å². The number of rotatable bonds is 25. The lowest BCUT2D eigenvalue weighted by atomic mass is 9.98. The van der Waals surface area contributed by atoms with Crippen molar-refractivity contribution in [1.29, 1.82) is 0 Å². The molecule has 0 aromatic heterocycles. The Morgan fingerprint density at radius 3 is 1.34 bits per heavy atom. The number of esters is 1. The van der Waals surface area contributed by atoms with Crippen LogP contribution < -0.4 is 37.2 Å². The molecule has 1 rings (SSSR count). The molecule has 5 unspecified atom stereocenters. The Balaban J connectivity index is 3.93. The number of carbonyl (C=O) groups is 10. The summed E-state index contributed by atoms with van der Waals surface area (Å²) in [6.07, 6.45) is 6.07. The topological polar surface area (TPSA) is 305 Å². The van der Waals surface area contributed by atoms with Crippen LogP contribution in [0.25, 0.3) is 0 Å². The van der Waals surface area contributed by atoms with Gasteiger partial charge in [0.1, 0.15) is 48.4 Å². The summed E-state index contributed by atoms with van der Waals surface area (Å²) >= 11 is 0. The number of unbranched alkanes of at least 4 members (excludes halogenated alkanes) is 6. The molecule has 1 saturated heterocycles. The van der Waals surface area contributed by atoms with E-state index < -0.39 is 133 Å². The van der Waals surface area contributed by atoms with Crippen molar-refractivity contribution in [3.8, 4) is 0 Å². The van der Waals surface area contributed by atoms with E-state index in [-0.39, 0.29) is 62.2 Å². The highest BCUT2D eigenvalue weighted by atomic mass is 16.5. The molecule has 0 aliphatic carbocycles. The highest BCUT2D eigenvalue weighted by Gasteiger charge is 2.37. The van der Waals surface area contributed by atoms with Crippen molar-refractivity contribution in [2.45, 2.75) is 247 Å². The maximum Gasteiger partial charge on any atom is 0.328 e. The fourth-order valence-electron chi connectivity index (χ4n) is 8.72. The lowest BCUT2D eigenvalue weighted by Gasteiger charge is -2.30. The van der Waals surface area contributed by atoms with Crippen LogP contribution in [0.1, 0.15) is 199 Å². The van der Waals surface area contributed by atoms with Gasteiger partial charge in [-0.25, -0.2) is 4.79 Å². The number of hydrogen-bond donors (Lipinski definition) is 9. The van der Waals surface area contributed by atoms with Gasteiger partial charge in [0.25, 0.3) is 0 Å². The Bertz CT molecular complexity index is 1820. The Morgan fingerprint density at radius 2 is 0.892 bits per heavy atom. The first-order valence-corrected chi connectivity index (χ1v) is 27.4. The van der Waals surface area contributed by atoms with Gasteiger partial charge in [-0.2, -0.15) is 0 Å². The number of carbonyl (C=O) groups excluding carboxylic acids is 8. The fraction of sp³-hybridized carbons (Fsp3) is 0.815. The summed E-state index contributed by atoms with van der Waals surface area (Å²) < 4.78 is 6.03. The summed E-state index contributed by atoms with van der Waals surface area (Å²) in [4.78, 5) is 137. The van der Waals surface area contributed by atoms with Gasteiger partial charge in [-0.1, -0.05) is 134 Å². The number of carboxylic acids is 2. The second-order valence-corrected chi connectivity index (χ2v) is 22.5. The van der Waals surface area contributed by atoms with E-state index in [2.05, 4.69) is 51.1 Å². The maximum atomic E-state index is 14.2. The predicted molar refractivity (Wildman–Crippen MR) is 281 cm³/mol. The van der Waals surface area contributed by atoms with Crippen molar-refractivity contribution in [2.24, 2.45) is 35.5 Å². The Kier molecular flexibility index (Phi) is 31.6. The molecule has 0 radical (unpaired) electrons. The number of hydrogen-bond acceptors (Lipinski definition) is 11. The monoisotopic (exact) mass is 1050 g/mol. The largest absolute Gasteiger partial charge is 0.481 e. The Hall–Kier alpha value is -5.30. The van der Waals surface area contributed by atoms with Crippen LogP contribution in [0.2, 0.25) is 0 Å². The van der Waals surface area contributed by atoms with E-state index in [4.69, 9.17) is 4.74 Å². The van der Waals surface area contributed by atoms with Crippen LogP contribution in [0.5, 0.6) is 0 Å². The Labute approximate surface area is 440 Å². The Morgan fingerprint density at radius 1 is 0.486 bits per heavy atom. The molecule has 1 fully saturated rings. The molecular formula is C54H95N7O13. The van der Waals surface area contributed by atoms with Crippen molar-refractivity contribution in [3.05, 3.63) is 0 Å². The molecular weight excluding hydrogens is 955 g/mol. The molecule has 0 bridgehead atoms. The van der Waals surface area contributed by atoms with E-state index in [1.807, 2.05) is 13.8 Å². The minimum atomic E-state index is -1.67. The third kappa shape index (κ3) is 27.8. The third-order valence-electron chi connectivity index (χ3n) is 13.0. The number of cyclic esters (lactones) is 1. The zero-order chi connectivity index (χ0) is 56.2. The second-order valence-electron chi connectivity index (χ2n) is 22.5. The van der Waals surface area contributed by atoms with Crippen molar-refractivity contribution >= 4 is 59.3 Å². The average molecular weight is 1050 g/mol. The molecule has 7 amide bonds. The molecule has 1 heterocycles. The van der Waals surface area contributed by atoms with Gasteiger partial charge in [-0.05, 0) is 80.5 Å². The van der Waals surface area contributed by atoms with Crippen molar-refractivity contribution < 1.29 is 62.9 Å². The van der Waals surface area contributed by atoms with Gasteiger partial charge < -0.3 is 52.2 Å². The molecule has 20 heteroatoms.